The minimum absolute atomic E-state index is 0.109. The van der Waals surface area contributed by atoms with Gasteiger partial charge in [-0.05, 0) is 66.2 Å². The maximum Gasteiger partial charge on any atom is 0.134 e. The van der Waals surface area contributed by atoms with E-state index in [0.717, 1.165) is 17.9 Å². The highest BCUT2D eigenvalue weighted by Gasteiger charge is 2.20. The van der Waals surface area contributed by atoms with E-state index >= 15 is 0 Å². The molecule has 1 unspecified atom stereocenters. The Labute approximate surface area is 137 Å². The van der Waals surface area contributed by atoms with E-state index in [9.17, 15) is 0 Å². The topological polar surface area (TPSA) is 25.2 Å². The third kappa shape index (κ3) is 2.93. The van der Waals surface area contributed by atoms with Crippen LogP contribution in [0.1, 0.15) is 34.7 Å². The largest absolute Gasteiger partial charge is 0.459 e. The minimum Gasteiger partial charge on any atom is -0.459 e. The summed E-state index contributed by atoms with van der Waals surface area (Å²) in [6.45, 7) is 7.24. The monoisotopic (exact) mass is 363 g/mol. The molecule has 0 bridgehead atoms. The summed E-state index contributed by atoms with van der Waals surface area (Å²) >= 11 is 5.38. The van der Waals surface area contributed by atoms with Crippen LogP contribution in [0, 0.1) is 13.8 Å². The molecule has 1 aromatic carbocycles. The molecule has 0 radical (unpaired) electrons. The summed E-state index contributed by atoms with van der Waals surface area (Å²) in [5.74, 6) is 0.978. The summed E-state index contributed by atoms with van der Waals surface area (Å²) in [5, 5.41) is 4.69. The summed E-state index contributed by atoms with van der Waals surface area (Å²) in [6.07, 6.45) is 0. The van der Waals surface area contributed by atoms with Gasteiger partial charge < -0.3 is 9.73 Å². The average molecular weight is 364 g/mol. The second-order valence-corrected chi connectivity index (χ2v) is 7.69. The molecule has 2 heterocycles. The van der Waals surface area contributed by atoms with Gasteiger partial charge in [0, 0.05) is 10.3 Å². The standard InChI is InChI=1S/C17H18BrNOS/c1-4-19-16(15-8-11(3)17(18)21-15)14-9-12-7-10(2)5-6-13(12)20-14/h5-9,16,19H,4H2,1-3H3. The second-order valence-electron chi connectivity index (χ2n) is 5.29. The Balaban J connectivity index is 2.06. The number of hydrogen-bond acceptors (Lipinski definition) is 3. The quantitative estimate of drug-likeness (QED) is 0.654. The Morgan fingerprint density at radius 1 is 1.24 bits per heavy atom. The Morgan fingerprint density at radius 3 is 2.71 bits per heavy atom. The van der Waals surface area contributed by atoms with Crippen LogP contribution < -0.4 is 5.32 Å². The van der Waals surface area contributed by atoms with Crippen LogP contribution in [0.2, 0.25) is 0 Å². The summed E-state index contributed by atoms with van der Waals surface area (Å²) in [4.78, 5) is 1.28. The van der Waals surface area contributed by atoms with Gasteiger partial charge in [-0.1, -0.05) is 18.6 Å². The predicted octanol–water partition coefficient (Wildman–Crippen LogP) is 5.57. The molecule has 3 rings (SSSR count). The molecule has 0 saturated carbocycles. The van der Waals surface area contributed by atoms with Crippen molar-refractivity contribution in [1.82, 2.24) is 5.32 Å². The molecule has 0 fully saturated rings. The van der Waals surface area contributed by atoms with E-state index in [1.807, 2.05) is 6.07 Å². The third-order valence-corrected chi connectivity index (χ3v) is 5.75. The number of aryl methyl sites for hydroxylation is 2. The molecule has 1 atom stereocenters. The van der Waals surface area contributed by atoms with E-state index in [1.54, 1.807) is 11.3 Å². The molecule has 21 heavy (non-hydrogen) atoms. The van der Waals surface area contributed by atoms with Crippen molar-refractivity contribution in [3.63, 3.8) is 0 Å². The second kappa shape index (κ2) is 5.95. The Bertz CT molecular complexity index is 755. The van der Waals surface area contributed by atoms with Crippen molar-refractivity contribution in [2.75, 3.05) is 6.54 Å². The van der Waals surface area contributed by atoms with Crippen molar-refractivity contribution in [3.05, 3.63) is 55.9 Å². The van der Waals surface area contributed by atoms with Crippen LogP contribution in [0.15, 0.2) is 38.5 Å². The fraction of sp³-hybridized carbons (Fsp3) is 0.294. The number of halogens is 1. The van der Waals surface area contributed by atoms with Gasteiger partial charge in [-0.15, -0.1) is 11.3 Å². The molecule has 2 nitrogen and oxygen atoms in total. The van der Waals surface area contributed by atoms with Crippen LogP contribution in [0.5, 0.6) is 0 Å². The van der Waals surface area contributed by atoms with Crippen LogP contribution in [-0.4, -0.2) is 6.54 Å². The lowest BCUT2D eigenvalue weighted by Gasteiger charge is -2.13. The Kier molecular flexibility index (Phi) is 4.20. The molecule has 0 spiro atoms. The van der Waals surface area contributed by atoms with E-state index in [1.165, 1.54) is 25.2 Å². The first-order valence-corrected chi connectivity index (χ1v) is 8.68. The summed E-state index contributed by atoms with van der Waals surface area (Å²) in [7, 11) is 0. The van der Waals surface area contributed by atoms with Gasteiger partial charge in [0.1, 0.15) is 17.4 Å². The van der Waals surface area contributed by atoms with Crippen molar-refractivity contribution in [3.8, 4) is 0 Å². The van der Waals surface area contributed by atoms with Crippen molar-refractivity contribution in [1.29, 1.82) is 0 Å². The molecule has 0 aliphatic heterocycles. The van der Waals surface area contributed by atoms with E-state index in [4.69, 9.17) is 4.42 Å². The first kappa shape index (κ1) is 14.8. The molecule has 110 valence electrons. The Morgan fingerprint density at radius 2 is 2.05 bits per heavy atom. The molecule has 0 amide bonds. The number of rotatable bonds is 4. The summed E-state index contributed by atoms with van der Waals surface area (Å²) < 4.78 is 7.26. The number of hydrogen-bond donors (Lipinski definition) is 1. The molecular formula is C17H18BrNOS. The third-order valence-electron chi connectivity index (χ3n) is 3.54. The van der Waals surface area contributed by atoms with Crippen LogP contribution >= 0.6 is 27.3 Å². The van der Waals surface area contributed by atoms with Crippen LogP contribution in [0.25, 0.3) is 11.0 Å². The van der Waals surface area contributed by atoms with Crippen LogP contribution in [0.3, 0.4) is 0 Å². The molecular weight excluding hydrogens is 346 g/mol. The van der Waals surface area contributed by atoms with Crippen molar-refractivity contribution < 1.29 is 4.42 Å². The number of furan rings is 1. The average Bonchev–Trinajstić information content (AvgIpc) is 2.99. The van der Waals surface area contributed by atoms with Gasteiger partial charge in [0.2, 0.25) is 0 Å². The first-order valence-electron chi connectivity index (χ1n) is 7.07. The number of thiophene rings is 1. The number of benzene rings is 1. The van der Waals surface area contributed by atoms with E-state index in [2.05, 4.69) is 66.3 Å². The summed E-state index contributed by atoms with van der Waals surface area (Å²) in [6, 6.07) is 10.8. The zero-order chi connectivity index (χ0) is 15.0. The van der Waals surface area contributed by atoms with Gasteiger partial charge in [0.25, 0.3) is 0 Å². The number of fused-ring (bicyclic) bond motifs is 1. The van der Waals surface area contributed by atoms with Crippen molar-refractivity contribution >= 4 is 38.2 Å². The van der Waals surface area contributed by atoms with Gasteiger partial charge in [0.15, 0.2) is 0 Å². The lowest BCUT2D eigenvalue weighted by atomic mass is 10.1. The molecule has 0 aliphatic carbocycles. The maximum atomic E-state index is 6.07. The smallest absolute Gasteiger partial charge is 0.134 e. The van der Waals surface area contributed by atoms with E-state index in [0.29, 0.717) is 0 Å². The van der Waals surface area contributed by atoms with Gasteiger partial charge in [-0.25, -0.2) is 0 Å². The fourth-order valence-electron chi connectivity index (χ4n) is 2.50. The molecule has 0 aliphatic rings. The highest BCUT2D eigenvalue weighted by Crippen LogP contribution is 2.36. The maximum absolute atomic E-state index is 6.07. The van der Waals surface area contributed by atoms with Crippen LogP contribution in [0.4, 0.5) is 0 Å². The van der Waals surface area contributed by atoms with Crippen molar-refractivity contribution in [2.45, 2.75) is 26.8 Å². The molecule has 2 aromatic heterocycles. The van der Waals surface area contributed by atoms with Gasteiger partial charge in [-0.2, -0.15) is 0 Å². The highest BCUT2D eigenvalue weighted by atomic mass is 79.9. The normalized spacial score (nSPS) is 13.0. The fourth-order valence-corrected chi connectivity index (χ4v) is 4.15. The van der Waals surface area contributed by atoms with Crippen molar-refractivity contribution in [2.24, 2.45) is 0 Å². The van der Waals surface area contributed by atoms with Crippen LogP contribution in [-0.2, 0) is 0 Å². The number of nitrogens with one attached hydrogen (secondary N) is 1. The lowest BCUT2D eigenvalue weighted by Crippen LogP contribution is -2.20. The van der Waals surface area contributed by atoms with Gasteiger partial charge in [0.05, 0.1) is 3.79 Å². The minimum atomic E-state index is 0.109. The molecule has 3 aromatic rings. The first-order chi connectivity index (χ1) is 10.1. The van der Waals surface area contributed by atoms with Gasteiger partial charge in [-0.3, -0.25) is 0 Å². The van der Waals surface area contributed by atoms with Gasteiger partial charge >= 0.3 is 0 Å². The molecule has 1 N–H and O–H groups in total. The lowest BCUT2D eigenvalue weighted by molar-refractivity contribution is 0.481. The Hall–Kier alpha value is -1.10. The zero-order valence-electron chi connectivity index (χ0n) is 12.4. The van der Waals surface area contributed by atoms with E-state index < -0.39 is 0 Å². The zero-order valence-corrected chi connectivity index (χ0v) is 14.8. The highest BCUT2D eigenvalue weighted by molar-refractivity contribution is 9.11. The van der Waals surface area contributed by atoms with E-state index in [-0.39, 0.29) is 6.04 Å². The molecule has 0 saturated heterocycles. The molecule has 4 heteroatoms. The summed E-state index contributed by atoms with van der Waals surface area (Å²) in [5.41, 5.74) is 3.47. The SMILES string of the molecule is CCNC(c1cc2cc(C)ccc2o1)c1cc(C)c(Br)s1. The predicted molar refractivity (Wildman–Crippen MR) is 93.2 cm³/mol.